The molecule has 0 N–H and O–H groups in total. The van der Waals surface area contributed by atoms with Crippen LogP contribution in [0.25, 0.3) is 0 Å². The minimum Gasteiger partial charge on any atom is -0.195 e. The SMILES string of the molecule is CCCCCCC1(CC)OO1. The lowest BCUT2D eigenvalue weighted by molar-refractivity contribution is 0.0850. The molecule has 11 heavy (non-hydrogen) atoms. The number of rotatable bonds is 6. The molecule has 2 heteroatoms. The van der Waals surface area contributed by atoms with Crippen LogP contribution in [0, 0.1) is 0 Å². The van der Waals surface area contributed by atoms with E-state index >= 15 is 0 Å². The third-order valence-electron chi connectivity index (χ3n) is 2.27. The van der Waals surface area contributed by atoms with E-state index in [1.54, 1.807) is 0 Å². The van der Waals surface area contributed by atoms with Gasteiger partial charge in [-0.1, -0.05) is 33.1 Å². The van der Waals surface area contributed by atoms with Gasteiger partial charge in [-0.2, -0.15) is 9.78 Å². The lowest BCUT2D eigenvalue weighted by atomic mass is 10.1. The first-order chi connectivity index (χ1) is 5.33. The van der Waals surface area contributed by atoms with Crippen LogP contribution in [-0.4, -0.2) is 5.79 Å². The lowest BCUT2D eigenvalue weighted by Gasteiger charge is -2.02. The summed E-state index contributed by atoms with van der Waals surface area (Å²) in [6, 6.07) is 0. The Morgan fingerprint density at radius 2 is 1.73 bits per heavy atom. The largest absolute Gasteiger partial charge is 0.234 e. The first kappa shape index (κ1) is 9.01. The molecule has 1 aliphatic rings. The van der Waals surface area contributed by atoms with E-state index in [4.69, 9.17) is 9.78 Å². The maximum absolute atomic E-state index is 4.93. The van der Waals surface area contributed by atoms with Gasteiger partial charge in [0.05, 0.1) is 0 Å². The van der Waals surface area contributed by atoms with Crippen LogP contribution in [0.4, 0.5) is 0 Å². The summed E-state index contributed by atoms with van der Waals surface area (Å²) >= 11 is 0. The molecule has 0 aliphatic carbocycles. The molecule has 0 spiro atoms. The van der Waals surface area contributed by atoms with Crippen LogP contribution in [0.5, 0.6) is 0 Å². The van der Waals surface area contributed by atoms with Crippen molar-refractivity contribution in [1.29, 1.82) is 0 Å². The lowest BCUT2D eigenvalue weighted by Crippen LogP contribution is -2.07. The van der Waals surface area contributed by atoms with Gasteiger partial charge in [-0.25, -0.2) is 0 Å². The number of hydrogen-bond acceptors (Lipinski definition) is 2. The Morgan fingerprint density at radius 1 is 1.00 bits per heavy atom. The van der Waals surface area contributed by atoms with Gasteiger partial charge < -0.3 is 0 Å². The molecule has 66 valence electrons. The number of hydrogen-bond donors (Lipinski definition) is 0. The van der Waals surface area contributed by atoms with E-state index in [1.165, 1.54) is 25.7 Å². The maximum Gasteiger partial charge on any atom is 0.234 e. The van der Waals surface area contributed by atoms with Crippen LogP contribution in [0.3, 0.4) is 0 Å². The molecule has 0 aromatic carbocycles. The Bertz CT molecular complexity index is 108. The average Bonchev–Trinajstić information content (AvgIpc) is 2.80. The minimum absolute atomic E-state index is 0.159. The second kappa shape index (κ2) is 4.07. The van der Waals surface area contributed by atoms with E-state index in [0.717, 1.165) is 12.8 Å². The molecule has 1 rings (SSSR count). The molecule has 2 nitrogen and oxygen atoms in total. The van der Waals surface area contributed by atoms with Gasteiger partial charge in [-0.15, -0.1) is 0 Å². The Hall–Kier alpha value is -0.0800. The molecule has 0 unspecified atom stereocenters. The van der Waals surface area contributed by atoms with Crippen molar-refractivity contribution < 1.29 is 9.78 Å². The molecular weight excluding hydrogens is 140 g/mol. The van der Waals surface area contributed by atoms with Crippen molar-refractivity contribution in [3.05, 3.63) is 0 Å². The van der Waals surface area contributed by atoms with E-state index in [0.29, 0.717) is 0 Å². The zero-order valence-electron chi connectivity index (χ0n) is 7.56. The Balaban J connectivity index is 1.94. The zero-order chi connectivity index (χ0) is 8.16. The van der Waals surface area contributed by atoms with Crippen molar-refractivity contribution in [2.45, 2.75) is 58.2 Å². The van der Waals surface area contributed by atoms with E-state index in [1.807, 2.05) is 0 Å². The third-order valence-corrected chi connectivity index (χ3v) is 2.27. The smallest absolute Gasteiger partial charge is 0.195 e. The second-order valence-corrected chi connectivity index (χ2v) is 3.24. The Labute approximate surface area is 68.8 Å². The second-order valence-electron chi connectivity index (χ2n) is 3.24. The van der Waals surface area contributed by atoms with E-state index in [2.05, 4.69) is 13.8 Å². The highest BCUT2D eigenvalue weighted by Gasteiger charge is 2.45. The normalized spacial score (nSPS) is 20.2. The first-order valence-electron chi connectivity index (χ1n) is 4.70. The summed E-state index contributed by atoms with van der Waals surface area (Å²) in [5, 5.41) is 0. The molecule has 1 fully saturated rings. The highest BCUT2D eigenvalue weighted by molar-refractivity contribution is 4.71. The molecule has 0 saturated carbocycles. The fourth-order valence-electron chi connectivity index (χ4n) is 1.26. The summed E-state index contributed by atoms with van der Waals surface area (Å²) in [6.45, 7) is 4.33. The summed E-state index contributed by atoms with van der Waals surface area (Å²) < 4.78 is 0. The van der Waals surface area contributed by atoms with Crippen LogP contribution in [0.1, 0.15) is 52.4 Å². The predicted molar refractivity (Wildman–Crippen MR) is 44.0 cm³/mol. The molecule has 1 aliphatic heterocycles. The van der Waals surface area contributed by atoms with Crippen LogP contribution in [-0.2, 0) is 9.78 Å². The van der Waals surface area contributed by atoms with E-state index < -0.39 is 0 Å². The van der Waals surface area contributed by atoms with Gasteiger partial charge in [0.25, 0.3) is 0 Å². The van der Waals surface area contributed by atoms with Crippen molar-refractivity contribution in [2.75, 3.05) is 0 Å². The van der Waals surface area contributed by atoms with Gasteiger partial charge in [0, 0.05) is 12.8 Å². The molecule has 0 atom stereocenters. The molecule has 0 aromatic rings. The molecule has 0 bridgehead atoms. The molecule has 0 amide bonds. The maximum atomic E-state index is 4.93. The van der Waals surface area contributed by atoms with Crippen molar-refractivity contribution in [2.24, 2.45) is 0 Å². The van der Waals surface area contributed by atoms with E-state index in [9.17, 15) is 0 Å². The summed E-state index contributed by atoms with van der Waals surface area (Å²) in [4.78, 5) is 9.85. The zero-order valence-corrected chi connectivity index (χ0v) is 7.56. The van der Waals surface area contributed by atoms with Crippen molar-refractivity contribution >= 4 is 0 Å². The standard InChI is InChI=1S/C9H18O2/c1-3-5-6-7-8-9(4-2)10-11-9/h3-8H2,1-2H3. The molecule has 1 heterocycles. The van der Waals surface area contributed by atoms with Gasteiger partial charge in [-0.05, 0) is 6.42 Å². The first-order valence-corrected chi connectivity index (χ1v) is 4.70. The van der Waals surface area contributed by atoms with E-state index in [-0.39, 0.29) is 5.79 Å². The van der Waals surface area contributed by atoms with Crippen LogP contribution < -0.4 is 0 Å². The van der Waals surface area contributed by atoms with Crippen molar-refractivity contribution in [3.63, 3.8) is 0 Å². The molecule has 0 aromatic heterocycles. The van der Waals surface area contributed by atoms with Gasteiger partial charge in [0.15, 0.2) is 0 Å². The monoisotopic (exact) mass is 158 g/mol. The van der Waals surface area contributed by atoms with Gasteiger partial charge in [0.1, 0.15) is 0 Å². The quantitative estimate of drug-likeness (QED) is 0.337. The Kier molecular flexibility index (Phi) is 3.34. The van der Waals surface area contributed by atoms with Crippen LogP contribution in [0.2, 0.25) is 0 Å². The number of unbranched alkanes of at least 4 members (excludes halogenated alkanes) is 3. The van der Waals surface area contributed by atoms with Crippen molar-refractivity contribution in [1.82, 2.24) is 0 Å². The molecule has 1 saturated heterocycles. The Morgan fingerprint density at radius 3 is 2.18 bits per heavy atom. The van der Waals surface area contributed by atoms with Gasteiger partial charge in [0.2, 0.25) is 5.79 Å². The summed E-state index contributed by atoms with van der Waals surface area (Å²) in [5.74, 6) is -0.159. The fourth-order valence-corrected chi connectivity index (χ4v) is 1.26. The minimum atomic E-state index is -0.159. The summed E-state index contributed by atoms with van der Waals surface area (Å²) in [7, 11) is 0. The molecule has 0 radical (unpaired) electrons. The highest BCUT2D eigenvalue weighted by atomic mass is 17.4. The van der Waals surface area contributed by atoms with Crippen molar-refractivity contribution in [3.8, 4) is 0 Å². The van der Waals surface area contributed by atoms with Crippen LogP contribution in [0.15, 0.2) is 0 Å². The molecular formula is C9H18O2. The predicted octanol–water partition coefficient (Wildman–Crippen LogP) is 3.02. The third kappa shape index (κ3) is 2.80. The average molecular weight is 158 g/mol. The van der Waals surface area contributed by atoms with Gasteiger partial charge >= 0.3 is 0 Å². The summed E-state index contributed by atoms with van der Waals surface area (Å²) in [5.41, 5.74) is 0. The fraction of sp³-hybridized carbons (Fsp3) is 1.00. The summed E-state index contributed by atoms with van der Waals surface area (Å²) in [6.07, 6.45) is 7.23. The van der Waals surface area contributed by atoms with Crippen LogP contribution >= 0.6 is 0 Å². The highest BCUT2D eigenvalue weighted by Crippen LogP contribution is 2.37. The van der Waals surface area contributed by atoms with Gasteiger partial charge in [-0.3, -0.25) is 0 Å². The topological polar surface area (TPSA) is 25.1 Å².